The first-order valence-corrected chi connectivity index (χ1v) is 9.71. The molecule has 3 rings (SSSR count). The van der Waals surface area contributed by atoms with Gasteiger partial charge in [0, 0.05) is 6.04 Å². The molecule has 2 atom stereocenters. The van der Waals surface area contributed by atoms with Crippen LogP contribution >= 0.6 is 12.4 Å². The van der Waals surface area contributed by atoms with Crippen LogP contribution in [-0.4, -0.2) is 33.5 Å². The number of nitrogens with one attached hydrogen (secondary N) is 1. The van der Waals surface area contributed by atoms with Crippen LogP contribution in [0.1, 0.15) is 40.5 Å². The van der Waals surface area contributed by atoms with Crippen LogP contribution in [0.15, 0.2) is 18.2 Å². The van der Waals surface area contributed by atoms with E-state index < -0.39 is 16.9 Å². The molecule has 1 aromatic carbocycles. The first kappa shape index (κ1) is 14.6. The van der Waals surface area contributed by atoms with Crippen molar-refractivity contribution in [3.63, 3.8) is 0 Å². The van der Waals surface area contributed by atoms with Crippen molar-refractivity contribution in [2.75, 3.05) is 25.1 Å². The minimum absolute atomic E-state index is 0. The molecule has 130 valence electrons. The topological polar surface area (TPSA) is 55.4 Å². The van der Waals surface area contributed by atoms with Gasteiger partial charge < -0.3 is 10.1 Å². The zero-order chi connectivity index (χ0) is 18.2. The second-order valence-electron chi connectivity index (χ2n) is 6.45. The molecule has 6 heteroatoms. The van der Waals surface area contributed by atoms with E-state index in [0.717, 1.165) is 36.9 Å². The molecule has 2 heterocycles. The van der Waals surface area contributed by atoms with Crippen LogP contribution in [0.2, 0.25) is 0 Å². The normalized spacial score (nSPS) is 29.9. The van der Waals surface area contributed by atoms with E-state index >= 15 is 0 Å². The molecule has 2 fully saturated rings. The van der Waals surface area contributed by atoms with Gasteiger partial charge in [0.05, 0.1) is 22.7 Å². The molecule has 2 unspecified atom stereocenters. The van der Waals surface area contributed by atoms with Crippen LogP contribution in [0.4, 0.5) is 0 Å². The molecule has 0 spiro atoms. The fourth-order valence-corrected chi connectivity index (χ4v) is 5.52. The SMILES string of the molecule is Cl.[2H]C([2H])([2H])Oc1cccc(C2NCCC2C2CCS(=O)(=O)CC2)c1C. The van der Waals surface area contributed by atoms with Gasteiger partial charge in [-0.05, 0) is 61.8 Å². The second-order valence-corrected chi connectivity index (χ2v) is 8.75. The zero-order valence-corrected chi connectivity index (χ0v) is 14.9. The van der Waals surface area contributed by atoms with E-state index in [1.54, 1.807) is 6.07 Å². The summed E-state index contributed by atoms with van der Waals surface area (Å²) in [6.07, 6.45) is 2.45. The Kier molecular flexibility index (Phi) is 4.69. The summed E-state index contributed by atoms with van der Waals surface area (Å²) in [6, 6.07) is 5.64. The minimum atomic E-state index is -2.87. The van der Waals surface area contributed by atoms with Crippen molar-refractivity contribution >= 4 is 22.2 Å². The van der Waals surface area contributed by atoms with Gasteiger partial charge in [0.25, 0.3) is 0 Å². The third-order valence-electron chi connectivity index (χ3n) is 5.25. The maximum absolute atomic E-state index is 11.7. The summed E-state index contributed by atoms with van der Waals surface area (Å²) < 4.78 is 50.5. The van der Waals surface area contributed by atoms with Gasteiger partial charge in [-0.15, -0.1) is 12.4 Å². The molecule has 23 heavy (non-hydrogen) atoms. The van der Waals surface area contributed by atoms with Crippen LogP contribution < -0.4 is 10.1 Å². The van der Waals surface area contributed by atoms with E-state index in [2.05, 4.69) is 5.32 Å². The first-order valence-electron chi connectivity index (χ1n) is 9.39. The highest BCUT2D eigenvalue weighted by molar-refractivity contribution is 7.91. The molecule has 0 amide bonds. The van der Waals surface area contributed by atoms with E-state index in [1.807, 2.05) is 19.1 Å². The third kappa shape index (κ3) is 3.83. The Morgan fingerprint density at radius 2 is 2.00 bits per heavy atom. The van der Waals surface area contributed by atoms with Crippen LogP contribution in [-0.2, 0) is 9.84 Å². The number of halogens is 1. The molecule has 0 aromatic heterocycles. The van der Waals surface area contributed by atoms with Crippen molar-refractivity contribution in [1.82, 2.24) is 5.32 Å². The first-order chi connectivity index (χ1) is 11.7. The van der Waals surface area contributed by atoms with E-state index in [9.17, 15) is 8.42 Å². The molecule has 2 aliphatic rings. The molecule has 0 saturated carbocycles. The van der Waals surface area contributed by atoms with Gasteiger partial charge >= 0.3 is 0 Å². The van der Waals surface area contributed by atoms with Crippen molar-refractivity contribution in [3.8, 4) is 5.75 Å². The summed E-state index contributed by atoms with van der Waals surface area (Å²) in [5, 5.41) is 3.53. The average Bonchev–Trinajstić information content (AvgIpc) is 2.97. The Morgan fingerprint density at radius 1 is 1.26 bits per heavy atom. The average molecular weight is 363 g/mol. The van der Waals surface area contributed by atoms with Gasteiger partial charge in [0.1, 0.15) is 15.6 Å². The van der Waals surface area contributed by atoms with Crippen LogP contribution in [0.25, 0.3) is 0 Å². The number of methoxy groups -OCH3 is 1. The molecular formula is C17H26ClNO3S. The lowest BCUT2D eigenvalue weighted by Crippen LogP contribution is -2.31. The molecule has 1 N–H and O–H groups in total. The summed E-state index contributed by atoms with van der Waals surface area (Å²) in [7, 11) is -5.33. The standard InChI is InChI=1S/C17H25NO3S.ClH/c1-12-14(4-3-5-16(12)21-2)17-15(6-9-18-17)13-7-10-22(19,20)11-8-13;/h3-5,13,15,17-18H,6-11H2,1-2H3;1H/i2D3;. The van der Waals surface area contributed by atoms with E-state index in [0.29, 0.717) is 17.6 Å². The molecule has 4 nitrogen and oxygen atoms in total. The Labute approximate surface area is 149 Å². The van der Waals surface area contributed by atoms with Crippen molar-refractivity contribution in [1.29, 1.82) is 0 Å². The lowest BCUT2D eigenvalue weighted by Gasteiger charge is -2.32. The fraction of sp³-hybridized carbons (Fsp3) is 0.647. The van der Waals surface area contributed by atoms with Gasteiger partial charge in [-0.25, -0.2) is 8.42 Å². The van der Waals surface area contributed by atoms with E-state index in [-0.39, 0.29) is 30.0 Å². The molecule has 0 bridgehead atoms. The monoisotopic (exact) mass is 362 g/mol. The fourth-order valence-electron chi connectivity index (χ4n) is 3.99. The van der Waals surface area contributed by atoms with Gasteiger partial charge in [-0.3, -0.25) is 0 Å². The number of hydrogen-bond acceptors (Lipinski definition) is 4. The van der Waals surface area contributed by atoms with E-state index in [1.165, 1.54) is 0 Å². The zero-order valence-electron chi connectivity index (χ0n) is 16.2. The summed E-state index contributed by atoms with van der Waals surface area (Å²) in [6.45, 7) is 2.78. The number of sulfone groups is 1. The largest absolute Gasteiger partial charge is 0.496 e. The predicted octanol–water partition coefficient (Wildman–Crippen LogP) is 2.90. The Balaban J connectivity index is 0.00000243. The smallest absolute Gasteiger partial charge is 0.150 e. The Morgan fingerprint density at radius 3 is 2.70 bits per heavy atom. The number of rotatable bonds is 3. The summed E-state index contributed by atoms with van der Waals surface area (Å²) in [4.78, 5) is 0. The molecule has 0 radical (unpaired) electrons. The second kappa shape index (κ2) is 7.41. The van der Waals surface area contributed by atoms with Crippen LogP contribution in [0, 0.1) is 18.8 Å². The minimum Gasteiger partial charge on any atom is -0.496 e. The molecular weight excluding hydrogens is 334 g/mol. The quantitative estimate of drug-likeness (QED) is 0.898. The number of ether oxygens (including phenoxy) is 1. The van der Waals surface area contributed by atoms with Crippen LogP contribution in [0.5, 0.6) is 5.75 Å². The summed E-state index contributed by atoms with van der Waals surface area (Å²) in [5.41, 5.74) is 1.89. The number of benzene rings is 1. The molecule has 0 aliphatic carbocycles. The van der Waals surface area contributed by atoms with Crippen molar-refractivity contribution < 1.29 is 17.3 Å². The Bertz CT molecular complexity index is 725. The highest BCUT2D eigenvalue weighted by Crippen LogP contribution is 2.42. The summed E-state index contributed by atoms with van der Waals surface area (Å²) >= 11 is 0. The predicted molar refractivity (Wildman–Crippen MR) is 95.2 cm³/mol. The van der Waals surface area contributed by atoms with Crippen LogP contribution in [0.3, 0.4) is 0 Å². The molecule has 2 aliphatic heterocycles. The third-order valence-corrected chi connectivity index (χ3v) is 6.96. The molecule has 2 saturated heterocycles. The maximum Gasteiger partial charge on any atom is 0.150 e. The van der Waals surface area contributed by atoms with Crippen molar-refractivity contribution in [2.45, 2.75) is 32.2 Å². The maximum atomic E-state index is 11.7. The number of hydrogen-bond donors (Lipinski definition) is 1. The van der Waals surface area contributed by atoms with Gasteiger partial charge in [0.2, 0.25) is 0 Å². The van der Waals surface area contributed by atoms with Gasteiger partial charge in [-0.2, -0.15) is 0 Å². The van der Waals surface area contributed by atoms with Gasteiger partial charge in [-0.1, -0.05) is 12.1 Å². The Hall–Kier alpha value is -0.780. The van der Waals surface area contributed by atoms with Crippen molar-refractivity contribution in [3.05, 3.63) is 29.3 Å². The summed E-state index contributed by atoms with van der Waals surface area (Å²) in [5.74, 6) is 1.70. The van der Waals surface area contributed by atoms with E-state index in [4.69, 9.17) is 8.85 Å². The lowest BCUT2D eigenvalue weighted by molar-refractivity contribution is 0.279. The highest BCUT2D eigenvalue weighted by atomic mass is 35.5. The highest BCUT2D eigenvalue weighted by Gasteiger charge is 2.38. The van der Waals surface area contributed by atoms with Gasteiger partial charge in [0.15, 0.2) is 0 Å². The molecule has 1 aromatic rings. The van der Waals surface area contributed by atoms with Crippen molar-refractivity contribution in [2.24, 2.45) is 11.8 Å². The lowest BCUT2D eigenvalue weighted by atomic mass is 9.79.